The Labute approximate surface area is 108 Å². The molecular formula is C14H31N3. The van der Waals surface area contributed by atoms with Crippen LogP contribution in [0.1, 0.15) is 33.6 Å². The van der Waals surface area contributed by atoms with Gasteiger partial charge in [0, 0.05) is 25.2 Å². The Hall–Kier alpha value is -0.120. The van der Waals surface area contributed by atoms with Gasteiger partial charge in [-0.05, 0) is 66.7 Å². The summed E-state index contributed by atoms with van der Waals surface area (Å²) in [5.41, 5.74) is 0.253. The lowest BCUT2D eigenvalue weighted by Crippen LogP contribution is -2.44. The summed E-state index contributed by atoms with van der Waals surface area (Å²) >= 11 is 0. The first kappa shape index (κ1) is 14.9. The molecule has 0 aliphatic carbocycles. The fourth-order valence-electron chi connectivity index (χ4n) is 2.50. The Kier molecular flexibility index (Phi) is 5.90. The number of rotatable bonds is 5. The van der Waals surface area contributed by atoms with Gasteiger partial charge >= 0.3 is 0 Å². The van der Waals surface area contributed by atoms with E-state index in [0.717, 1.165) is 12.5 Å². The van der Waals surface area contributed by atoms with Crippen LogP contribution in [0.15, 0.2) is 0 Å². The van der Waals surface area contributed by atoms with Crippen molar-refractivity contribution >= 4 is 0 Å². The Morgan fingerprint density at radius 1 is 1.18 bits per heavy atom. The zero-order valence-electron chi connectivity index (χ0n) is 12.4. The Bertz CT molecular complexity index is 200. The van der Waals surface area contributed by atoms with E-state index in [4.69, 9.17) is 0 Å². The Morgan fingerprint density at radius 3 is 2.24 bits per heavy atom. The summed E-state index contributed by atoms with van der Waals surface area (Å²) in [4.78, 5) is 4.92. The fourth-order valence-corrected chi connectivity index (χ4v) is 2.50. The van der Waals surface area contributed by atoms with Crippen molar-refractivity contribution < 1.29 is 0 Å². The molecule has 0 radical (unpaired) electrons. The van der Waals surface area contributed by atoms with Crippen LogP contribution in [0.4, 0.5) is 0 Å². The van der Waals surface area contributed by atoms with Crippen molar-refractivity contribution in [1.82, 2.24) is 15.1 Å². The molecule has 102 valence electrons. The van der Waals surface area contributed by atoms with Gasteiger partial charge in [-0.1, -0.05) is 0 Å². The van der Waals surface area contributed by atoms with Crippen LogP contribution < -0.4 is 5.32 Å². The summed E-state index contributed by atoms with van der Waals surface area (Å²) in [6.07, 6.45) is 2.74. The summed E-state index contributed by atoms with van der Waals surface area (Å²) < 4.78 is 0. The quantitative estimate of drug-likeness (QED) is 0.789. The van der Waals surface area contributed by atoms with Gasteiger partial charge in [-0.2, -0.15) is 0 Å². The van der Waals surface area contributed by atoms with Gasteiger partial charge < -0.3 is 15.1 Å². The largest absolute Gasteiger partial charge is 0.311 e. The number of hydrogen-bond donors (Lipinski definition) is 1. The molecule has 0 atom stereocenters. The van der Waals surface area contributed by atoms with E-state index in [1.165, 1.54) is 39.0 Å². The van der Waals surface area contributed by atoms with Crippen molar-refractivity contribution in [2.24, 2.45) is 5.92 Å². The minimum Gasteiger partial charge on any atom is -0.311 e. The molecule has 1 heterocycles. The number of likely N-dealkylation sites (tertiary alicyclic amines) is 1. The van der Waals surface area contributed by atoms with Crippen molar-refractivity contribution in [3.05, 3.63) is 0 Å². The molecule has 0 aromatic rings. The van der Waals surface area contributed by atoms with E-state index >= 15 is 0 Å². The maximum atomic E-state index is 3.56. The monoisotopic (exact) mass is 241 g/mol. The van der Waals surface area contributed by atoms with Crippen molar-refractivity contribution in [1.29, 1.82) is 0 Å². The van der Waals surface area contributed by atoms with Crippen molar-refractivity contribution in [3.8, 4) is 0 Å². The van der Waals surface area contributed by atoms with Crippen molar-refractivity contribution in [3.63, 3.8) is 0 Å². The molecule has 1 aliphatic rings. The molecule has 0 spiro atoms. The second-order valence-corrected chi connectivity index (χ2v) is 6.72. The minimum absolute atomic E-state index is 0.253. The number of nitrogens with zero attached hydrogens (tertiary/aromatic N) is 2. The molecule has 0 aromatic carbocycles. The van der Waals surface area contributed by atoms with Crippen molar-refractivity contribution in [2.45, 2.75) is 39.2 Å². The molecule has 1 rings (SSSR count). The molecule has 0 saturated carbocycles. The average Bonchev–Trinajstić information content (AvgIpc) is 2.18. The minimum atomic E-state index is 0.253. The van der Waals surface area contributed by atoms with Crippen LogP contribution in [0, 0.1) is 5.92 Å². The molecule has 0 aromatic heterocycles. The molecular weight excluding hydrogens is 210 g/mol. The van der Waals surface area contributed by atoms with E-state index in [0.29, 0.717) is 0 Å². The topological polar surface area (TPSA) is 18.5 Å². The first-order valence-electron chi connectivity index (χ1n) is 6.99. The number of nitrogens with one attached hydrogen (secondary N) is 1. The van der Waals surface area contributed by atoms with Gasteiger partial charge in [-0.3, -0.25) is 0 Å². The Morgan fingerprint density at radius 2 is 1.76 bits per heavy atom. The van der Waals surface area contributed by atoms with Crippen molar-refractivity contribution in [2.75, 3.05) is 46.8 Å². The lowest BCUT2D eigenvalue weighted by molar-refractivity contribution is 0.160. The summed E-state index contributed by atoms with van der Waals surface area (Å²) in [5, 5.41) is 3.56. The van der Waals surface area contributed by atoms with Crippen LogP contribution >= 0.6 is 0 Å². The molecule has 1 saturated heterocycles. The van der Waals surface area contributed by atoms with Crippen LogP contribution in [-0.4, -0.2) is 62.2 Å². The zero-order valence-corrected chi connectivity index (χ0v) is 12.4. The predicted molar refractivity (Wildman–Crippen MR) is 75.5 cm³/mol. The van der Waals surface area contributed by atoms with Gasteiger partial charge in [0.15, 0.2) is 0 Å². The molecule has 3 nitrogen and oxygen atoms in total. The van der Waals surface area contributed by atoms with Gasteiger partial charge in [-0.15, -0.1) is 0 Å². The highest BCUT2D eigenvalue weighted by Gasteiger charge is 2.19. The van der Waals surface area contributed by atoms with Gasteiger partial charge in [-0.25, -0.2) is 0 Å². The zero-order chi connectivity index (χ0) is 12.9. The number of hydrogen-bond acceptors (Lipinski definition) is 3. The molecule has 17 heavy (non-hydrogen) atoms. The average molecular weight is 241 g/mol. The predicted octanol–water partition coefficient (Wildman–Crippen LogP) is 1.65. The second kappa shape index (κ2) is 6.72. The van der Waals surface area contributed by atoms with E-state index in [-0.39, 0.29) is 5.54 Å². The smallest absolute Gasteiger partial charge is 0.0107 e. The number of piperidine rings is 1. The van der Waals surface area contributed by atoms with Gasteiger partial charge in [0.05, 0.1) is 0 Å². The summed E-state index contributed by atoms with van der Waals surface area (Å²) in [7, 11) is 4.36. The maximum absolute atomic E-state index is 3.56. The lowest BCUT2D eigenvalue weighted by Gasteiger charge is -2.34. The maximum Gasteiger partial charge on any atom is 0.0107 e. The summed E-state index contributed by atoms with van der Waals surface area (Å²) in [5.74, 6) is 0.914. The first-order valence-corrected chi connectivity index (χ1v) is 6.99. The standard InChI is InChI=1S/C14H31N3/c1-14(2,3)15-8-11-17-9-6-13(7-10-17)12-16(4)5/h13,15H,6-12H2,1-5H3. The first-order chi connectivity index (χ1) is 7.87. The lowest BCUT2D eigenvalue weighted by atomic mass is 9.96. The van der Waals surface area contributed by atoms with E-state index in [2.05, 4.69) is 50.0 Å². The van der Waals surface area contributed by atoms with Gasteiger partial charge in [0.25, 0.3) is 0 Å². The Balaban J connectivity index is 2.11. The second-order valence-electron chi connectivity index (χ2n) is 6.72. The van der Waals surface area contributed by atoms with Crippen LogP contribution in [0.3, 0.4) is 0 Å². The highest BCUT2D eigenvalue weighted by atomic mass is 15.2. The molecule has 1 fully saturated rings. The van der Waals surface area contributed by atoms with Gasteiger partial charge in [0.1, 0.15) is 0 Å². The van der Waals surface area contributed by atoms with E-state index in [1.807, 2.05) is 0 Å². The summed E-state index contributed by atoms with van der Waals surface area (Å²) in [6, 6.07) is 0. The highest BCUT2D eigenvalue weighted by molar-refractivity contribution is 4.76. The van der Waals surface area contributed by atoms with Crippen LogP contribution in [0.25, 0.3) is 0 Å². The fraction of sp³-hybridized carbons (Fsp3) is 1.00. The molecule has 0 bridgehead atoms. The molecule has 0 amide bonds. The van der Waals surface area contributed by atoms with E-state index in [9.17, 15) is 0 Å². The SMILES string of the molecule is CN(C)CC1CCN(CCNC(C)(C)C)CC1. The van der Waals surface area contributed by atoms with E-state index in [1.54, 1.807) is 0 Å². The van der Waals surface area contributed by atoms with Crippen LogP contribution in [0.5, 0.6) is 0 Å². The van der Waals surface area contributed by atoms with Crippen LogP contribution in [-0.2, 0) is 0 Å². The molecule has 1 aliphatic heterocycles. The van der Waals surface area contributed by atoms with Crippen LogP contribution in [0.2, 0.25) is 0 Å². The summed E-state index contributed by atoms with van der Waals surface area (Å²) in [6.45, 7) is 12.8. The molecule has 0 unspecified atom stereocenters. The third-order valence-corrected chi connectivity index (χ3v) is 3.41. The normalized spacial score (nSPS) is 20.1. The third kappa shape index (κ3) is 7.02. The molecule has 3 heteroatoms. The molecule has 1 N–H and O–H groups in total. The van der Waals surface area contributed by atoms with Gasteiger partial charge in [0.2, 0.25) is 0 Å². The third-order valence-electron chi connectivity index (χ3n) is 3.41. The van der Waals surface area contributed by atoms with E-state index < -0.39 is 0 Å². The highest BCUT2D eigenvalue weighted by Crippen LogP contribution is 2.17.